The largest absolute Gasteiger partial charge is 0.349 e. The molecule has 0 saturated heterocycles. The second kappa shape index (κ2) is 6.78. The van der Waals surface area contributed by atoms with E-state index in [9.17, 15) is 9.18 Å². The number of nitrogens with one attached hydrogen (secondary N) is 1. The zero-order valence-electron chi connectivity index (χ0n) is 11.6. The molecule has 1 aromatic carbocycles. The van der Waals surface area contributed by atoms with Crippen LogP contribution in [-0.4, -0.2) is 18.2 Å². The van der Waals surface area contributed by atoms with Crippen LogP contribution in [0.3, 0.4) is 0 Å². The first-order chi connectivity index (χ1) is 8.94. The molecule has 1 aromatic rings. The molecule has 1 amide bonds. The monoisotopic (exact) mass is 318 g/mol. The molecule has 0 aliphatic carbocycles. The maximum absolute atomic E-state index is 13.4. The summed E-state index contributed by atoms with van der Waals surface area (Å²) in [6.07, 6.45) is 0.813. The Hall–Kier alpha value is -0.780. The molecule has 0 bridgehead atoms. The molecule has 1 heterocycles. The Bertz CT molecular complexity index is 496. The molecule has 1 aliphatic heterocycles. The highest BCUT2D eigenvalue weighted by molar-refractivity contribution is 7.99. The molecular formula is C14H20ClFN2OS. The van der Waals surface area contributed by atoms with Crippen molar-refractivity contribution in [1.82, 2.24) is 5.32 Å². The van der Waals surface area contributed by atoms with Crippen molar-refractivity contribution in [3.63, 3.8) is 0 Å². The van der Waals surface area contributed by atoms with Crippen LogP contribution >= 0.6 is 24.2 Å². The van der Waals surface area contributed by atoms with Gasteiger partial charge in [0.1, 0.15) is 5.82 Å². The lowest BCUT2D eigenvalue weighted by Gasteiger charge is -2.30. The van der Waals surface area contributed by atoms with E-state index in [0.29, 0.717) is 0 Å². The minimum absolute atomic E-state index is 0. The summed E-state index contributed by atoms with van der Waals surface area (Å²) in [5, 5.41) is 2.99. The van der Waals surface area contributed by atoms with Crippen LogP contribution in [0.2, 0.25) is 0 Å². The number of carbonyl (C=O) groups is 1. The van der Waals surface area contributed by atoms with Gasteiger partial charge in [-0.15, -0.1) is 24.2 Å². The van der Waals surface area contributed by atoms with E-state index in [1.807, 2.05) is 13.8 Å². The zero-order chi connectivity index (χ0) is 14.0. The minimum Gasteiger partial charge on any atom is -0.349 e. The van der Waals surface area contributed by atoms with E-state index < -0.39 is 5.41 Å². The summed E-state index contributed by atoms with van der Waals surface area (Å²) < 4.78 is 13.4. The van der Waals surface area contributed by atoms with Gasteiger partial charge in [0.2, 0.25) is 5.91 Å². The van der Waals surface area contributed by atoms with Crippen molar-refractivity contribution in [3.8, 4) is 0 Å². The Morgan fingerprint density at radius 1 is 1.55 bits per heavy atom. The van der Waals surface area contributed by atoms with E-state index in [1.54, 1.807) is 17.8 Å². The van der Waals surface area contributed by atoms with E-state index in [2.05, 4.69) is 5.32 Å². The molecule has 20 heavy (non-hydrogen) atoms. The third kappa shape index (κ3) is 3.65. The van der Waals surface area contributed by atoms with Crippen LogP contribution in [0.1, 0.15) is 31.9 Å². The summed E-state index contributed by atoms with van der Waals surface area (Å²) in [4.78, 5) is 13.2. The molecule has 3 nitrogen and oxygen atoms in total. The van der Waals surface area contributed by atoms with Crippen LogP contribution in [0.25, 0.3) is 0 Å². The van der Waals surface area contributed by atoms with E-state index in [-0.39, 0.29) is 36.7 Å². The van der Waals surface area contributed by atoms with Crippen LogP contribution in [0, 0.1) is 11.2 Å². The molecule has 0 aromatic heterocycles. The van der Waals surface area contributed by atoms with Gasteiger partial charge in [0, 0.05) is 17.2 Å². The average molecular weight is 319 g/mol. The van der Waals surface area contributed by atoms with E-state index >= 15 is 0 Å². The highest BCUT2D eigenvalue weighted by Gasteiger charge is 2.30. The van der Waals surface area contributed by atoms with Crippen LogP contribution in [0.15, 0.2) is 23.1 Å². The fraction of sp³-hybridized carbons (Fsp3) is 0.500. The number of fused-ring (bicyclic) bond motifs is 1. The molecule has 6 heteroatoms. The van der Waals surface area contributed by atoms with Gasteiger partial charge in [-0.2, -0.15) is 0 Å². The second-order valence-electron chi connectivity index (χ2n) is 5.43. The number of carbonyl (C=O) groups excluding carboxylic acids is 1. The molecule has 0 fully saturated rings. The molecule has 0 saturated carbocycles. The number of nitrogens with two attached hydrogens (primary N) is 1. The molecule has 112 valence electrons. The smallest absolute Gasteiger partial charge is 0.227 e. The van der Waals surface area contributed by atoms with E-state index in [4.69, 9.17) is 5.73 Å². The van der Waals surface area contributed by atoms with Gasteiger partial charge >= 0.3 is 0 Å². The second-order valence-corrected chi connectivity index (χ2v) is 6.57. The lowest BCUT2D eigenvalue weighted by Crippen LogP contribution is -2.43. The van der Waals surface area contributed by atoms with Crippen molar-refractivity contribution in [2.75, 3.05) is 12.3 Å². The number of benzene rings is 1. The van der Waals surface area contributed by atoms with E-state index in [0.717, 1.165) is 22.6 Å². The average Bonchev–Trinajstić information content (AvgIpc) is 2.39. The molecule has 1 atom stereocenters. The predicted octanol–water partition coefficient (Wildman–Crippen LogP) is 2.89. The summed E-state index contributed by atoms with van der Waals surface area (Å²) in [6.45, 7) is 3.91. The first kappa shape index (κ1) is 17.3. The maximum Gasteiger partial charge on any atom is 0.227 e. The number of thioether (sulfide) groups is 1. The molecule has 1 unspecified atom stereocenters. The first-order valence-electron chi connectivity index (χ1n) is 6.37. The van der Waals surface area contributed by atoms with Gasteiger partial charge in [-0.05, 0) is 44.0 Å². The van der Waals surface area contributed by atoms with Crippen LogP contribution in [0.5, 0.6) is 0 Å². The van der Waals surface area contributed by atoms with Crippen molar-refractivity contribution in [1.29, 1.82) is 0 Å². The number of hydrogen-bond acceptors (Lipinski definition) is 3. The topological polar surface area (TPSA) is 55.1 Å². The molecular weight excluding hydrogens is 299 g/mol. The third-order valence-electron chi connectivity index (χ3n) is 3.44. The van der Waals surface area contributed by atoms with Gasteiger partial charge in [-0.1, -0.05) is 0 Å². The molecule has 3 N–H and O–H groups in total. The SMILES string of the molecule is CC(C)(CN)C(=O)NC1CCSc2ccc(F)cc21.Cl. The number of rotatable bonds is 3. The third-order valence-corrected chi connectivity index (χ3v) is 4.56. The summed E-state index contributed by atoms with van der Waals surface area (Å²) in [5.41, 5.74) is 5.88. The Morgan fingerprint density at radius 2 is 2.25 bits per heavy atom. The number of amides is 1. The van der Waals surface area contributed by atoms with Crippen molar-refractivity contribution in [2.24, 2.45) is 11.1 Å². The summed E-state index contributed by atoms with van der Waals surface area (Å²) in [5.74, 6) is 0.577. The van der Waals surface area contributed by atoms with Gasteiger partial charge in [0.25, 0.3) is 0 Å². The Kier molecular flexibility index (Phi) is 5.86. The van der Waals surface area contributed by atoms with Crippen molar-refractivity contribution >= 4 is 30.1 Å². The van der Waals surface area contributed by atoms with E-state index in [1.165, 1.54) is 12.1 Å². The van der Waals surface area contributed by atoms with Crippen molar-refractivity contribution in [2.45, 2.75) is 31.2 Å². The molecule has 0 spiro atoms. The molecule has 2 rings (SSSR count). The van der Waals surface area contributed by atoms with Crippen LogP contribution < -0.4 is 11.1 Å². The predicted molar refractivity (Wildman–Crippen MR) is 82.7 cm³/mol. The molecule has 0 radical (unpaired) electrons. The summed E-state index contributed by atoms with van der Waals surface area (Å²) >= 11 is 1.70. The quantitative estimate of drug-likeness (QED) is 0.901. The van der Waals surface area contributed by atoms with Gasteiger partial charge in [-0.25, -0.2) is 4.39 Å². The van der Waals surface area contributed by atoms with Crippen molar-refractivity contribution < 1.29 is 9.18 Å². The lowest BCUT2D eigenvalue weighted by molar-refractivity contribution is -0.129. The van der Waals surface area contributed by atoms with Gasteiger partial charge in [0.05, 0.1) is 11.5 Å². The van der Waals surface area contributed by atoms with Gasteiger partial charge in [-0.3, -0.25) is 4.79 Å². The van der Waals surface area contributed by atoms with Crippen LogP contribution in [0.4, 0.5) is 4.39 Å². The summed E-state index contributed by atoms with van der Waals surface area (Å²) in [7, 11) is 0. The molecule has 1 aliphatic rings. The maximum atomic E-state index is 13.4. The van der Waals surface area contributed by atoms with Crippen molar-refractivity contribution in [3.05, 3.63) is 29.6 Å². The minimum atomic E-state index is -0.599. The zero-order valence-corrected chi connectivity index (χ0v) is 13.2. The number of hydrogen-bond donors (Lipinski definition) is 2. The Balaban J connectivity index is 0.00000200. The summed E-state index contributed by atoms with van der Waals surface area (Å²) in [6, 6.07) is 4.63. The van der Waals surface area contributed by atoms with Crippen LogP contribution in [-0.2, 0) is 4.79 Å². The fourth-order valence-electron chi connectivity index (χ4n) is 1.96. The Labute approximate surface area is 129 Å². The highest BCUT2D eigenvalue weighted by atomic mass is 35.5. The van der Waals surface area contributed by atoms with Gasteiger partial charge in [0.15, 0.2) is 0 Å². The van der Waals surface area contributed by atoms with Gasteiger partial charge < -0.3 is 11.1 Å². The highest BCUT2D eigenvalue weighted by Crippen LogP contribution is 2.36. The Morgan fingerprint density at radius 3 is 2.90 bits per heavy atom. The number of halogens is 2. The normalized spacial score (nSPS) is 17.9. The lowest BCUT2D eigenvalue weighted by atomic mass is 9.91. The first-order valence-corrected chi connectivity index (χ1v) is 7.36. The fourth-order valence-corrected chi connectivity index (χ4v) is 3.07. The standard InChI is InChI=1S/C14H19FN2OS.ClH/c1-14(2,8-16)13(18)17-11-5-6-19-12-4-3-9(15)7-10(11)12;/h3-4,7,11H,5-6,8,16H2,1-2H3,(H,17,18);1H.